The SMILES string of the molecule is O=I(=O)Cc1ccccc1. The van der Waals surface area contributed by atoms with Crippen LogP contribution in [-0.2, 0) is 10.6 Å². The average molecular weight is 250 g/mol. The van der Waals surface area contributed by atoms with Gasteiger partial charge in [-0.15, -0.1) is 0 Å². The zero-order valence-corrected chi connectivity index (χ0v) is 7.45. The van der Waals surface area contributed by atoms with E-state index in [4.69, 9.17) is 0 Å². The van der Waals surface area contributed by atoms with Gasteiger partial charge in [-0.2, -0.15) is 0 Å². The Morgan fingerprint density at radius 1 is 1.10 bits per heavy atom. The standard InChI is InChI=1S/C7H7IO2/c9-8(10)6-7-4-2-1-3-5-7/h1-5H,6H2. The van der Waals surface area contributed by atoms with E-state index in [0.29, 0.717) is 0 Å². The molecular weight excluding hydrogens is 243 g/mol. The largest absolute Gasteiger partial charge is 0.311 e. The Hall–Kier alpha value is -0.450. The van der Waals surface area contributed by atoms with Gasteiger partial charge in [0, 0.05) is 0 Å². The van der Waals surface area contributed by atoms with Crippen molar-refractivity contribution < 1.29 is 6.14 Å². The van der Waals surface area contributed by atoms with Gasteiger partial charge in [0.05, 0.1) is 4.43 Å². The summed E-state index contributed by atoms with van der Waals surface area (Å²) in [5, 5.41) is 0. The summed E-state index contributed by atoms with van der Waals surface area (Å²) in [6.45, 7) is 0. The van der Waals surface area contributed by atoms with Crippen molar-refractivity contribution in [1.82, 2.24) is 0 Å². The third kappa shape index (κ3) is 2.43. The van der Waals surface area contributed by atoms with E-state index in [9.17, 15) is 6.14 Å². The second-order valence-electron chi connectivity index (χ2n) is 1.90. The summed E-state index contributed by atoms with van der Waals surface area (Å²) in [4.78, 5) is 0. The molecule has 0 unspecified atom stereocenters. The molecule has 0 radical (unpaired) electrons. The van der Waals surface area contributed by atoms with E-state index >= 15 is 0 Å². The lowest BCUT2D eigenvalue weighted by molar-refractivity contribution is 0.609. The predicted octanol–water partition coefficient (Wildman–Crippen LogP) is 2.38. The van der Waals surface area contributed by atoms with Gasteiger partial charge in [-0.25, -0.2) is 6.14 Å². The van der Waals surface area contributed by atoms with Crippen molar-refractivity contribution in [2.45, 2.75) is 4.43 Å². The normalized spacial score (nSPS) is 10.1. The number of hydrogen-bond donors (Lipinski definition) is 0. The van der Waals surface area contributed by atoms with Crippen LogP contribution in [0.2, 0.25) is 0 Å². The summed E-state index contributed by atoms with van der Waals surface area (Å²) in [5.41, 5.74) is 0.887. The quantitative estimate of drug-likeness (QED) is 0.596. The van der Waals surface area contributed by atoms with Gasteiger partial charge in [0.15, 0.2) is 0 Å². The van der Waals surface area contributed by atoms with Crippen molar-refractivity contribution in [2.24, 2.45) is 0 Å². The van der Waals surface area contributed by atoms with Gasteiger partial charge in [-0.3, -0.25) is 0 Å². The van der Waals surface area contributed by atoms with E-state index in [1.807, 2.05) is 30.3 Å². The van der Waals surface area contributed by atoms with Crippen molar-refractivity contribution in [2.75, 3.05) is 0 Å². The van der Waals surface area contributed by atoms with Gasteiger partial charge in [0.1, 0.15) is 0 Å². The number of alkyl halides is 1. The Kier molecular flexibility index (Phi) is 2.80. The molecule has 0 aliphatic rings. The second-order valence-corrected chi connectivity index (χ2v) is 4.27. The molecule has 0 aromatic heterocycles. The minimum atomic E-state index is -3.05. The summed E-state index contributed by atoms with van der Waals surface area (Å²) >= 11 is -3.05. The first-order valence-electron chi connectivity index (χ1n) is 2.84. The van der Waals surface area contributed by atoms with Gasteiger partial charge in [0.2, 0.25) is 0 Å². The number of halogens is 1. The molecule has 0 aliphatic heterocycles. The van der Waals surface area contributed by atoms with Crippen LogP contribution in [0.25, 0.3) is 0 Å². The second kappa shape index (κ2) is 3.65. The van der Waals surface area contributed by atoms with Crippen molar-refractivity contribution in [3.05, 3.63) is 35.9 Å². The molecule has 1 aromatic rings. The van der Waals surface area contributed by atoms with Gasteiger partial charge in [-0.1, -0.05) is 30.3 Å². The maximum absolute atomic E-state index is 10.3. The summed E-state index contributed by atoms with van der Waals surface area (Å²) in [5.74, 6) is 0. The number of benzene rings is 1. The highest BCUT2D eigenvalue weighted by atomic mass is 127. The van der Waals surface area contributed by atoms with Gasteiger partial charge >= 0.3 is 19.8 Å². The number of hydrogen-bond acceptors (Lipinski definition) is 2. The molecule has 54 valence electrons. The molecule has 0 heterocycles. The predicted molar refractivity (Wildman–Crippen MR) is 45.5 cm³/mol. The van der Waals surface area contributed by atoms with Crippen molar-refractivity contribution in [1.29, 1.82) is 0 Å². The molecule has 2 nitrogen and oxygen atoms in total. The Morgan fingerprint density at radius 3 is 2.20 bits per heavy atom. The van der Waals surface area contributed by atoms with Crippen LogP contribution in [0, 0.1) is 0 Å². The topological polar surface area (TPSA) is 34.1 Å². The molecule has 3 heteroatoms. The first-order valence-corrected chi connectivity index (χ1v) is 6.13. The van der Waals surface area contributed by atoms with Crippen molar-refractivity contribution in [3.63, 3.8) is 0 Å². The Balaban J connectivity index is 2.77. The minimum Gasteiger partial charge on any atom is -0.235 e. The van der Waals surface area contributed by atoms with Crippen LogP contribution >= 0.6 is 19.8 Å². The minimum absolute atomic E-state index is 0.241. The van der Waals surface area contributed by atoms with E-state index < -0.39 is 19.8 Å². The fourth-order valence-electron chi connectivity index (χ4n) is 0.693. The lowest BCUT2D eigenvalue weighted by atomic mass is 10.2. The summed E-state index contributed by atoms with van der Waals surface area (Å²) in [6, 6.07) is 9.20. The zero-order chi connectivity index (χ0) is 7.40. The molecule has 10 heavy (non-hydrogen) atoms. The first-order chi connectivity index (χ1) is 4.79. The van der Waals surface area contributed by atoms with Crippen LogP contribution in [0.3, 0.4) is 0 Å². The van der Waals surface area contributed by atoms with E-state index in [1.54, 1.807) is 0 Å². The molecule has 1 rings (SSSR count). The maximum Gasteiger partial charge on any atom is 0.311 e. The average Bonchev–Trinajstić information content (AvgIpc) is 1.88. The third-order valence-electron chi connectivity index (χ3n) is 1.11. The maximum atomic E-state index is 10.3. The van der Waals surface area contributed by atoms with E-state index in [-0.39, 0.29) is 4.43 Å². The Labute approximate surface area is 66.4 Å². The van der Waals surface area contributed by atoms with E-state index in [0.717, 1.165) is 5.56 Å². The fourth-order valence-corrected chi connectivity index (χ4v) is 1.92. The van der Waals surface area contributed by atoms with Gasteiger partial charge < -0.3 is 0 Å². The van der Waals surface area contributed by atoms with E-state index in [2.05, 4.69) is 0 Å². The van der Waals surface area contributed by atoms with E-state index in [1.165, 1.54) is 0 Å². The lowest BCUT2D eigenvalue weighted by Gasteiger charge is -1.88. The Morgan fingerprint density at radius 2 is 1.70 bits per heavy atom. The van der Waals surface area contributed by atoms with Gasteiger partial charge in [-0.05, 0) is 5.56 Å². The smallest absolute Gasteiger partial charge is 0.235 e. The lowest BCUT2D eigenvalue weighted by Crippen LogP contribution is -1.73. The van der Waals surface area contributed by atoms with Crippen LogP contribution in [0.15, 0.2) is 30.3 Å². The summed E-state index contributed by atoms with van der Waals surface area (Å²) in [6.07, 6.45) is 0. The molecule has 0 bridgehead atoms. The molecule has 0 aliphatic carbocycles. The molecule has 0 amide bonds. The molecule has 0 atom stereocenters. The van der Waals surface area contributed by atoms with Crippen LogP contribution in [0.5, 0.6) is 0 Å². The highest BCUT2D eigenvalue weighted by Gasteiger charge is 1.92. The highest BCUT2D eigenvalue weighted by molar-refractivity contribution is 14.2. The van der Waals surface area contributed by atoms with Gasteiger partial charge in [0.25, 0.3) is 0 Å². The molecule has 0 saturated carbocycles. The van der Waals surface area contributed by atoms with Crippen molar-refractivity contribution >= 4 is 19.8 Å². The zero-order valence-electron chi connectivity index (χ0n) is 5.29. The third-order valence-corrected chi connectivity index (χ3v) is 2.61. The molecule has 0 saturated heterocycles. The summed E-state index contributed by atoms with van der Waals surface area (Å²) < 4.78 is 20.8. The first kappa shape index (κ1) is 7.65. The monoisotopic (exact) mass is 250 g/mol. The van der Waals surface area contributed by atoms with Crippen LogP contribution in [0.1, 0.15) is 5.56 Å². The number of rotatable bonds is 2. The van der Waals surface area contributed by atoms with Crippen molar-refractivity contribution in [3.8, 4) is 0 Å². The molecule has 0 N–H and O–H groups in total. The Bertz CT molecular complexity index is 256. The molecule has 0 spiro atoms. The van der Waals surface area contributed by atoms with Crippen LogP contribution in [0.4, 0.5) is 0 Å². The molecule has 0 fully saturated rings. The summed E-state index contributed by atoms with van der Waals surface area (Å²) in [7, 11) is 0. The highest BCUT2D eigenvalue weighted by Crippen LogP contribution is 2.13. The molecule has 1 aromatic carbocycles. The van der Waals surface area contributed by atoms with Crippen LogP contribution in [-0.4, -0.2) is 0 Å². The fraction of sp³-hybridized carbons (Fsp3) is 0.143. The van der Waals surface area contributed by atoms with Crippen LogP contribution < -0.4 is 0 Å². The molecular formula is C7H7IO2.